The average molecular weight is 344 g/mol. The van der Waals surface area contributed by atoms with Gasteiger partial charge in [0.15, 0.2) is 5.78 Å². The van der Waals surface area contributed by atoms with Crippen molar-refractivity contribution in [2.75, 3.05) is 0 Å². The molecule has 4 nitrogen and oxygen atoms in total. The molecule has 0 spiro atoms. The van der Waals surface area contributed by atoms with Crippen molar-refractivity contribution < 1.29 is 19.4 Å². The SMILES string of the molecule is C/C(C=O)=C\CC[C@@H](C)C1=CC[C@@]2(C)OC3=C(C[C@@H]12)C(=O)[C@H](O)CC3. The van der Waals surface area contributed by atoms with Crippen LogP contribution in [-0.4, -0.2) is 28.9 Å². The van der Waals surface area contributed by atoms with Crippen LogP contribution in [-0.2, 0) is 14.3 Å². The van der Waals surface area contributed by atoms with Gasteiger partial charge in [-0.2, -0.15) is 0 Å². The van der Waals surface area contributed by atoms with E-state index < -0.39 is 6.10 Å². The van der Waals surface area contributed by atoms with E-state index in [1.165, 1.54) is 5.57 Å². The molecule has 4 atom stereocenters. The van der Waals surface area contributed by atoms with Crippen molar-refractivity contribution in [1.82, 2.24) is 0 Å². The number of rotatable bonds is 5. The van der Waals surface area contributed by atoms with Crippen LogP contribution in [0.5, 0.6) is 0 Å². The summed E-state index contributed by atoms with van der Waals surface area (Å²) in [5.41, 5.74) is 2.58. The van der Waals surface area contributed by atoms with Gasteiger partial charge in [0.1, 0.15) is 23.8 Å². The smallest absolute Gasteiger partial charge is 0.190 e. The molecule has 0 fully saturated rings. The highest BCUT2D eigenvalue weighted by atomic mass is 16.5. The highest BCUT2D eigenvalue weighted by molar-refractivity contribution is 6.00. The monoisotopic (exact) mass is 344 g/mol. The fourth-order valence-corrected chi connectivity index (χ4v) is 4.43. The van der Waals surface area contributed by atoms with Gasteiger partial charge in [-0.05, 0) is 51.0 Å². The lowest BCUT2D eigenvalue weighted by molar-refractivity contribution is -0.127. The van der Waals surface area contributed by atoms with Gasteiger partial charge in [-0.25, -0.2) is 0 Å². The Morgan fingerprint density at radius 2 is 2.28 bits per heavy atom. The molecule has 0 bridgehead atoms. The third kappa shape index (κ3) is 3.37. The Bertz CT molecular complexity index is 669. The minimum atomic E-state index is -0.866. The van der Waals surface area contributed by atoms with Crippen LogP contribution in [0.3, 0.4) is 0 Å². The van der Waals surface area contributed by atoms with Crippen LogP contribution >= 0.6 is 0 Å². The summed E-state index contributed by atoms with van der Waals surface area (Å²) in [5.74, 6) is 1.25. The van der Waals surface area contributed by atoms with Gasteiger partial charge in [0.25, 0.3) is 0 Å². The van der Waals surface area contributed by atoms with Gasteiger partial charge in [0.05, 0.1) is 0 Å². The van der Waals surface area contributed by atoms with E-state index in [1.54, 1.807) is 0 Å². The first kappa shape index (κ1) is 18.1. The lowest BCUT2D eigenvalue weighted by Crippen LogP contribution is -2.43. The maximum atomic E-state index is 12.4. The van der Waals surface area contributed by atoms with Gasteiger partial charge in [-0.15, -0.1) is 0 Å². The van der Waals surface area contributed by atoms with Crippen LogP contribution in [0.25, 0.3) is 0 Å². The Labute approximate surface area is 149 Å². The fraction of sp³-hybridized carbons (Fsp3) is 0.619. The number of Topliss-reactive ketones (excluding diaryl/α,β-unsaturated/α-hetero) is 1. The van der Waals surface area contributed by atoms with Gasteiger partial charge < -0.3 is 9.84 Å². The number of aliphatic hydroxyl groups is 1. The minimum Gasteiger partial charge on any atom is -0.491 e. The van der Waals surface area contributed by atoms with Crippen molar-refractivity contribution in [2.45, 2.75) is 71.0 Å². The number of fused-ring (bicyclic) bond motifs is 1. The van der Waals surface area contributed by atoms with E-state index in [1.807, 2.05) is 13.0 Å². The second-order valence-corrected chi connectivity index (χ2v) is 7.94. The van der Waals surface area contributed by atoms with Crippen LogP contribution < -0.4 is 0 Å². The lowest BCUT2D eigenvalue weighted by atomic mass is 9.74. The number of carbonyl (C=O) groups is 2. The molecule has 3 rings (SSSR count). The van der Waals surface area contributed by atoms with Crippen LogP contribution in [0, 0.1) is 11.8 Å². The first-order chi connectivity index (χ1) is 11.9. The Morgan fingerprint density at radius 3 is 3.00 bits per heavy atom. The lowest BCUT2D eigenvalue weighted by Gasteiger charge is -2.43. The number of ether oxygens (including phenoxy) is 1. The molecule has 25 heavy (non-hydrogen) atoms. The normalized spacial score (nSPS) is 33.4. The van der Waals surface area contributed by atoms with Crippen LogP contribution in [0.4, 0.5) is 0 Å². The second-order valence-electron chi connectivity index (χ2n) is 7.94. The highest BCUT2D eigenvalue weighted by Crippen LogP contribution is 2.51. The number of hydrogen-bond acceptors (Lipinski definition) is 4. The predicted molar refractivity (Wildman–Crippen MR) is 95.8 cm³/mol. The predicted octanol–water partition coefficient (Wildman–Crippen LogP) is 3.65. The third-order valence-corrected chi connectivity index (χ3v) is 6.05. The Hall–Kier alpha value is -1.68. The van der Waals surface area contributed by atoms with Crippen LogP contribution in [0.15, 0.2) is 34.6 Å². The molecule has 0 unspecified atom stereocenters. The topological polar surface area (TPSA) is 63.6 Å². The summed E-state index contributed by atoms with van der Waals surface area (Å²) in [5, 5.41) is 9.90. The summed E-state index contributed by atoms with van der Waals surface area (Å²) >= 11 is 0. The maximum Gasteiger partial charge on any atom is 0.190 e. The Balaban J connectivity index is 1.74. The average Bonchev–Trinajstić information content (AvgIpc) is 2.93. The van der Waals surface area contributed by atoms with Crippen molar-refractivity contribution in [3.8, 4) is 0 Å². The van der Waals surface area contributed by atoms with Crippen molar-refractivity contribution in [2.24, 2.45) is 11.8 Å². The number of allylic oxidation sites excluding steroid dienone is 3. The van der Waals surface area contributed by atoms with Gasteiger partial charge >= 0.3 is 0 Å². The molecular weight excluding hydrogens is 316 g/mol. The fourth-order valence-electron chi connectivity index (χ4n) is 4.43. The minimum absolute atomic E-state index is 0.147. The quantitative estimate of drug-likeness (QED) is 0.470. The Kier molecular flexibility index (Phi) is 5.01. The molecular formula is C21H28O4. The number of aliphatic hydroxyl groups excluding tert-OH is 1. The summed E-state index contributed by atoms with van der Waals surface area (Å²) in [6, 6.07) is 0. The van der Waals surface area contributed by atoms with E-state index in [2.05, 4.69) is 19.9 Å². The summed E-state index contributed by atoms with van der Waals surface area (Å²) in [6.07, 6.45) is 8.82. The molecule has 0 aromatic rings. The molecule has 136 valence electrons. The van der Waals surface area contributed by atoms with Crippen molar-refractivity contribution in [3.05, 3.63) is 34.6 Å². The molecule has 2 aliphatic carbocycles. The molecule has 1 aliphatic heterocycles. The van der Waals surface area contributed by atoms with Crippen LogP contribution in [0.1, 0.15) is 59.3 Å². The Morgan fingerprint density at radius 1 is 1.52 bits per heavy atom. The molecule has 1 N–H and O–H groups in total. The van der Waals surface area contributed by atoms with E-state index in [-0.39, 0.29) is 17.3 Å². The maximum absolute atomic E-state index is 12.4. The molecule has 3 aliphatic rings. The summed E-state index contributed by atoms with van der Waals surface area (Å²) in [4.78, 5) is 23.1. The van der Waals surface area contributed by atoms with E-state index in [0.29, 0.717) is 30.8 Å². The molecule has 0 aromatic heterocycles. The summed E-state index contributed by atoms with van der Waals surface area (Å²) in [7, 11) is 0. The first-order valence-electron chi connectivity index (χ1n) is 9.31. The summed E-state index contributed by atoms with van der Waals surface area (Å²) in [6.45, 7) is 6.18. The zero-order valence-electron chi connectivity index (χ0n) is 15.4. The number of hydrogen-bond donors (Lipinski definition) is 1. The molecule has 0 amide bonds. The van der Waals surface area contributed by atoms with Crippen LogP contribution in [0.2, 0.25) is 0 Å². The van der Waals surface area contributed by atoms with Gasteiger partial charge in [0, 0.05) is 24.3 Å². The van der Waals surface area contributed by atoms with E-state index >= 15 is 0 Å². The zero-order valence-corrected chi connectivity index (χ0v) is 15.4. The van der Waals surface area contributed by atoms with E-state index in [9.17, 15) is 14.7 Å². The molecule has 1 heterocycles. The van der Waals surface area contributed by atoms with Gasteiger partial charge in [-0.1, -0.05) is 24.6 Å². The number of aldehydes is 1. The number of ketones is 1. The largest absolute Gasteiger partial charge is 0.491 e. The molecule has 0 saturated heterocycles. The third-order valence-electron chi connectivity index (χ3n) is 6.05. The van der Waals surface area contributed by atoms with Crippen molar-refractivity contribution >= 4 is 12.1 Å². The molecule has 0 radical (unpaired) electrons. The summed E-state index contributed by atoms with van der Waals surface area (Å²) < 4.78 is 6.30. The van der Waals surface area contributed by atoms with E-state index in [4.69, 9.17) is 4.74 Å². The number of carbonyl (C=O) groups excluding carboxylic acids is 2. The van der Waals surface area contributed by atoms with Gasteiger partial charge in [0.2, 0.25) is 0 Å². The second kappa shape index (κ2) is 6.91. The molecule has 0 saturated carbocycles. The van der Waals surface area contributed by atoms with Crippen molar-refractivity contribution in [3.63, 3.8) is 0 Å². The standard InChI is InChI=1S/C21H28O4/c1-13(12-22)5-4-6-14(2)15-9-10-21(3)17(15)11-16-19(25-21)8-7-18(23)20(16)24/h5,9,12,14,17-18,23H,4,6-8,10-11H2,1-3H3/b13-5+/t14-,17+,18-,21-/m1/s1. The first-order valence-corrected chi connectivity index (χ1v) is 9.31. The zero-order chi connectivity index (χ0) is 18.2. The molecule has 0 aromatic carbocycles. The van der Waals surface area contributed by atoms with E-state index in [0.717, 1.165) is 36.9 Å². The molecule has 4 heteroatoms. The highest BCUT2D eigenvalue weighted by Gasteiger charge is 2.49. The van der Waals surface area contributed by atoms with Gasteiger partial charge in [-0.3, -0.25) is 9.59 Å². The van der Waals surface area contributed by atoms with Crippen molar-refractivity contribution in [1.29, 1.82) is 0 Å².